The van der Waals surface area contributed by atoms with Gasteiger partial charge < -0.3 is 10.1 Å². The Hall–Kier alpha value is -0.420. The Morgan fingerprint density at radius 2 is 2.14 bits per heavy atom. The van der Waals surface area contributed by atoms with Gasteiger partial charge in [-0.2, -0.15) is 0 Å². The van der Waals surface area contributed by atoms with Crippen molar-refractivity contribution >= 4 is 40.9 Å². The summed E-state index contributed by atoms with van der Waals surface area (Å²) >= 11 is 13.7. The summed E-state index contributed by atoms with van der Waals surface area (Å²) < 4.78 is 5.10. The number of ether oxygens (including phenoxy) is 1. The second-order valence-electron chi connectivity index (χ2n) is 4.83. The lowest BCUT2D eigenvalue weighted by atomic mass is 9.97. The van der Waals surface area contributed by atoms with Crippen LogP contribution in [0.4, 0.5) is 0 Å². The molecule has 0 saturated heterocycles. The fourth-order valence-electron chi connectivity index (χ4n) is 1.82. The number of rotatable bonds is 8. The zero-order valence-corrected chi connectivity index (χ0v) is 14.9. The van der Waals surface area contributed by atoms with Crippen molar-refractivity contribution in [3.63, 3.8) is 0 Å². The summed E-state index contributed by atoms with van der Waals surface area (Å²) in [6, 6.07) is 5.42. The van der Waals surface area contributed by atoms with E-state index >= 15 is 0 Å². The first-order valence-electron chi connectivity index (χ1n) is 6.87. The fraction of sp³-hybridized carbons (Fsp3) is 0.533. The summed E-state index contributed by atoms with van der Waals surface area (Å²) in [6.45, 7) is 4.07. The van der Waals surface area contributed by atoms with E-state index in [1.807, 2.05) is 19.9 Å². The zero-order chi connectivity index (χ0) is 15.9. The van der Waals surface area contributed by atoms with Gasteiger partial charge >= 0.3 is 5.97 Å². The first-order valence-corrected chi connectivity index (χ1v) is 8.61. The molecule has 6 heteroatoms. The lowest BCUT2D eigenvalue weighted by Gasteiger charge is -2.26. The molecule has 1 N–H and O–H groups in total. The second kappa shape index (κ2) is 8.89. The Kier molecular flexibility index (Phi) is 7.88. The molecule has 0 fully saturated rings. The topological polar surface area (TPSA) is 38.3 Å². The average Bonchev–Trinajstić information content (AvgIpc) is 2.47. The largest absolute Gasteiger partial charge is 0.465 e. The summed E-state index contributed by atoms with van der Waals surface area (Å²) in [5.74, 6) is 0.648. The third-order valence-electron chi connectivity index (χ3n) is 3.25. The van der Waals surface area contributed by atoms with Crippen molar-refractivity contribution in [2.24, 2.45) is 0 Å². The van der Waals surface area contributed by atoms with Crippen molar-refractivity contribution in [3.05, 3.63) is 28.2 Å². The molecule has 1 unspecified atom stereocenters. The highest BCUT2D eigenvalue weighted by atomic mass is 35.5. The summed E-state index contributed by atoms with van der Waals surface area (Å²) in [5, 5.41) is 4.43. The molecule has 0 aromatic heterocycles. The van der Waals surface area contributed by atoms with Gasteiger partial charge in [-0.15, -0.1) is 11.8 Å². The lowest BCUT2D eigenvalue weighted by Crippen LogP contribution is -2.48. The maximum absolute atomic E-state index is 11.9. The minimum absolute atomic E-state index is 0.210. The third kappa shape index (κ3) is 5.70. The predicted molar refractivity (Wildman–Crippen MR) is 90.5 cm³/mol. The first kappa shape index (κ1) is 18.6. The Morgan fingerprint density at radius 1 is 1.43 bits per heavy atom. The highest BCUT2D eigenvalue weighted by Gasteiger charge is 2.32. The molecule has 0 heterocycles. The lowest BCUT2D eigenvalue weighted by molar-refractivity contribution is -0.150. The van der Waals surface area contributed by atoms with Gasteiger partial charge in [0.1, 0.15) is 5.54 Å². The van der Waals surface area contributed by atoms with E-state index < -0.39 is 5.54 Å². The van der Waals surface area contributed by atoms with Gasteiger partial charge in [0, 0.05) is 9.92 Å². The Bertz CT molecular complexity index is 485. The van der Waals surface area contributed by atoms with E-state index in [4.69, 9.17) is 27.9 Å². The van der Waals surface area contributed by atoms with E-state index in [1.165, 1.54) is 0 Å². The summed E-state index contributed by atoms with van der Waals surface area (Å²) in [4.78, 5) is 12.9. The number of nitrogens with one attached hydrogen (secondary N) is 1. The van der Waals surface area contributed by atoms with Crippen LogP contribution in [0.1, 0.15) is 26.7 Å². The van der Waals surface area contributed by atoms with E-state index in [9.17, 15) is 4.79 Å². The van der Waals surface area contributed by atoms with Gasteiger partial charge in [-0.25, -0.2) is 0 Å². The van der Waals surface area contributed by atoms with Gasteiger partial charge in [0.05, 0.1) is 11.6 Å². The molecule has 0 aliphatic carbocycles. The number of hydrogen-bond acceptors (Lipinski definition) is 4. The Balaban J connectivity index is 2.48. The molecule has 0 spiro atoms. The molecular weight excluding hydrogens is 329 g/mol. The minimum Gasteiger partial charge on any atom is -0.465 e. The van der Waals surface area contributed by atoms with Gasteiger partial charge in [-0.3, -0.25) is 4.79 Å². The number of halogens is 2. The van der Waals surface area contributed by atoms with Gasteiger partial charge in [-0.05, 0) is 57.7 Å². The van der Waals surface area contributed by atoms with Gasteiger partial charge in [0.2, 0.25) is 0 Å². The Labute approximate surface area is 140 Å². The number of hydrogen-bond donors (Lipinski definition) is 1. The Morgan fingerprint density at radius 3 is 2.76 bits per heavy atom. The number of carbonyl (C=O) groups is 1. The molecule has 0 aliphatic heterocycles. The smallest absolute Gasteiger partial charge is 0.326 e. The fourth-order valence-corrected chi connectivity index (χ4v) is 3.26. The number of esters is 1. The van der Waals surface area contributed by atoms with Crippen molar-refractivity contribution in [2.45, 2.75) is 37.1 Å². The zero-order valence-electron chi connectivity index (χ0n) is 12.5. The SMILES string of the molecule is CCOC(=O)C(C)(CCCSc1cc(Cl)ccc1Cl)NC. The molecule has 118 valence electrons. The third-order valence-corrected chi connectivity index (χ3v) is 5.07. The standard InChI is InChI=1S/C15H21Cl2NO2S/c1-4-20-14(19)15(2,18-3)8-5-9-21-13-10-11(16)6-7-12(13)17/h6-7,10,18H,4-5,8-9H2,1-3H3. The number of thioether (sulfide) groups is 1. The first-order chi connectivity index (χ1) is 9.92. The highest BCUT2D eigenvalue weighted by Crippen LogP contribution is 2.31. The second-order valence-corrected chi connectivity index (χ2v) is 6.81. The molecule has 0 amide bonds. The average molecular weight is 350 g/mol. The molecule has 0 bridgehead atoms. The molecule has 0 aliphatic rings. The molecule has 3 nitrogen and oxygen atoms in total. The summed E-state index contributed by atoms with van der Waals surface area (Å²) in [7, 11) is 1.78. The summed E-state index contributed by atoms with van der Waals surface area (Å²) in [6.07, 6.45) is 1.57. The van der Waals surface area contributed by atoms with E-state index in [0.717, 1.165) is 17.1 Å². The van der Waals surface area contributed by atoms with E-state index in [2.05, 4.69) is 5.32 Å². The normalized spacial score (nSPS) is 13.8. The van der Waals surface area contributed by atoms with Crippen LogP contribution in [0.15, 0.2) is 23.1 Å². The van der Waals surface area contributed by atoms with Gasteiger partial charge in [-0.1, -0.05) is 23.2 Å². The molecule has 1 rings (SSSR count). The van der Waals surface area contributed by atoms with Crippen LogP contribution in [0.3, 0.4) is 0 Å². The van der Waals surface area contributed by atoms with Crippen LogP contribution in [0.5, 0.6) is 0 Å². The van der Waals surface area contributed by atoms with Crippen molar-refractivity contribution in [1.82, 2.24) is 5.32 Å². The number of likely N-dealkylation sites (N-methyl/N-ethyl adjacent to an activating group) is 1. The monoisotopic (exact) mass is 349 g/mol. The van der Waals surface area contributed by atoms with Gasteiger partial charge in [0.15, 0.2) is 0 Å². The molecule has 1 atom stereocenters. The molecule has 1 aromatic carbocycles. The van der Waals surface area contributed by atoms with Crippen LogP contribution in [0.25, 0.3) is 0 Å². The van der Waals surface area contributed by atoms with E-state index in [0.29, 0.717) is 23.1 Å². The molecule has 21 heavy (non-hydrogen) atoms. The van der Waals surface area contributed by atoms with Gasteiger partial charge in [0.25, 0.3) is 0 Å². The molecule has 0 saturated carbocycles. The molecule has 1 aromatic rings. The van der Waals surface area contributed by atoms with Crippen LogP contribution in [0, 0.1) is 0 Å². The van der Waals surface area contributed by atoms with Crippen LogP contribution < -0.4 is 5.32 Å². The van der Waals surface area contributed by atoms with Crippen molar-refractivity contribution in [1.29, 1.82) is 0 Å². The highest BCUT2D eigenvalue weighted by molar-refractivity contribution is 7.99. The predicted octanol–water partition coefficient (Wildman–Crippen LogP) is 4.41. The van der Waals surface area contributed by atoms with E-state index in [1.54, 1.807) is 30.9 Å². The maximum atomic E-state index is 11.9. The minimum atomic E-state index is -0.644. The number of benzene rings is 1. The quantitative estimate of drug-likeness (QED) is 0.428. The summed E-state index contributed by atoms with van der Waals surface area (Å²) in [5.41, 5.74) is -0.644. The molecular formula is C15H21Cl2NO2S. The van der Waals surface area contributed by atoms with Crippen molar-refractivity contribution in [3.8, 4) is 0 Å². The van der Waals surface area contributed by atoms with Crippen LogP contribution in [0.2, 0.25) is 10.0 Å². The molecule has 0 radical (unpaired) electrons. The van der Waals surface area contributed by atoms with E-state index in [-0.39, 0.29) is 5.97 Å². The maximum Gasteiger partial charge on any atom is 0.326 e. The van der Waals surface area contributed by atoms with Crippen LogP contribution >= 0.6 is 35.0 Å². The van der Waals surface area contributed by atoms with Crippen molar-refractivity contribution < 1.29 is 9.53 Å². The van der Waals surface area contributed by atoms with Crippen molar-refractivity contribution in [2.75, 3.05) is 19.4 Å². The van der Waals surface area contributed by atoms with Crippen LogP contribution in [-0.4, -0.2) is 30.9 Å². The number of carbonyl (C=O) groups excluding carboxylic acids is 1. The van der Waals surface area contributed by atoms with Crippen LogP contribution in [-0.2, 0) is 9.53 Å².